The fourth-order valence-electron chi connectivity index (χ4n) is 2.35. The van der Waals surface area contributed by atoms with Crippen LogP contribution < -0.4 is 21.3 Å². The second kappa shape index (κ2) is 15.3. The van der Waals surface area contributed by atoms with E-state index in [4.69, 9.17) is 0 Å². The van der Waals surface area contributed by atoms with Crippen molar-refractivity contribution in [3.63, 3.8) is 0 Å². The van der Waals surface area contributed by atoms with Gasteiger partial charge < -0.3 is 21.3 Å². The third-order valence-corrected chi connectivity index (χ3v) is 3.85. The molecular weight excluding hydrogens is 328 g/mol. The number of hydrogen-bond acceptors (Lipinski definition) is 6. The molecule has 26 heavy (non-hydrogen) atoms. The molecule has 0 aromatic heterocycles. The average Bonchev–Trinajstić information content (AvgIpc) is 2.53. The molecule has 0 heterocycles. The number of Topliss-reactive ketones (excluding diaryl/α,β-unsaturated/α-hetero) is 2. The smallest absolute Gasteiger partial charge is 0.153 e. The molecule has 0 aromatic carbocycles. The van der Waals surface area contributed by atoms with Gasteiger partial charge in [-0.15, -0.1) is 0 Å². The maximum Gasteiger partial charge on any atom is 0.153 e. The van der Waals surface area contributed by atoms with E-state index in [1.807, 2.05) is 41.8 Å². The Labute approximate surface area is 161 Å². The molecule has 4 N–H and O–H groups in total. The van der Waals surface area contributed by atoms with Crippen LogP contribution >= 0.6 is 0 Å². The number of carbonyl (C=O) groups is 2. The van der Waals surface area contributed by atoms with Gasteiger partial charge in [0.05, 0.1) is 12.1 Å². The highest BCUT2D eigenvalue weighted by Crippen LogP contribution is 2.00. The summed E-state index contributed by atoms with van der Waals surface area (Å²) in [5.74, 6) is 0.759. The van der Waals surface area contributed by atoms with Gasteiger partial charge in [-0.1, -0.05) is 55.4 Å². The van der Waals surface area contributed by atoms with Crippen LogP contribution in [0.25, 0.3) is 0 Å². The lowest BCUT2D eigenvalue weighted by Crippen LogP contribution is -2.48. The summed E-state index contributed by atoms with van der Waals surface area (Å²) in [7, 11) is 3.69. The normalized spacial score (nSPS) is 13.8. The van der Waals surface area contributed by atoms with Crippen LogP contribution in [0.15, 0.2) is 0 Å². The summed E-state index contributed by atoms with van der Waals surface area (Å²) in [5, 5.41) is 12.6. The summed E-state index contributed by atoms with van der Waals surface area (Å²) in [4.78, 5) is 23.3. The van der Waals surface area contributed by atoms with Crippen molar-refractivity contribution >= 4 is 11.6 Å². The SMILES string of the molecule is CNC(CNC(C)C)C(=O)C(C)C.CNCC(NC(C)C)C(=O)C(C)C. The second-order valence-electron chi connectivity index (χ2n) is 7.95. The van der Waals surface area contributed by atoms with Gasteiger partial charge in [-0.3, -0.25) is 9.59 Å². The van der Waals surface area contributed by atoms with Crippen molar-refractivity contribution in [3.05, 3.63) is 0 Å². The van der Waals surface area contributed by atoms with Crippen molar-refractivity contribution < 1.29 is 9.59 Å². The Morgan fingerprint density at radius 1 is 0.692 bits per heavy atom. The number of ketones is 2. The van der Waals surface area contributed by atoms with Crippen LogP contribution in [0.2, 0.25) is 0 Å². The van der Waals surface area contributed by atoms with Crippen LogP contribution in [-0.2, 0) is 9.59 Å². The Hall–Kier alpha value is -0.820. The number of likely N-dealkylation sites (N-methyl/N-ethyl adjacent to an activating group) is 2. The summed E-state index contributed by atoms with van der Waals surface area (Å²) in [6.07, 6.45) is 0. The van der Waals surface area contributed by atoms with E-state index in [0.717, 1.165) is 0 Å². The van der Waals surface area contributed by atoms with E-state index in [0.29, 0.717) is 25.2 Å². The van der Waals surface area contributed by atoms with E-state index in [1.165, 1.54) is 0 Å². The highest BCUT2D eigenvalue weighted by Gasteiger charge is 2.20. The first-order valence-electron chi connectivity index (χ1n) is 9.86. The number of rotatable bonds is 12. The van der Waals surface area contributed by atoms with Crippen LogP contribution in [0.1, 0.15) is 55.4 Å². The van der Waals surface area contributed by atoms with E-state index >= 15 is 0 Å². The molecule has 0 aliphatic carbocycles. The minimum atomic E-state index is -0.0533. The summed E-state index contributed by atoms with van der Waals surface area (Å²) in [6, 6.07) is 0.671. The van der Waals surface area contributed by atoms with Gasteiger partial charge in [-0.2, -0.15) is 0 Å². The van der Waals surface area contributed by atoms with Gasteiger partial charge >= 0.3 is 0 Å². The highest BCUT2D eigenvalue weighted by molar-refractivity contribution is 5.86. The minimum absolute atomic E-state index is 0.0509. The van der Waals surface area contributed by atoms with Crippen molar-refractivity contribution in [2.45, 2.75) is 79.6 Å². The molecular formula is C20H44N4O2. The Morgan fingerprint density at radius 2 is 1.15 bits per heavy atom. The molecule has 0 bridgehead atoms. The van der Waals surface area contributed by atoms with Gasteiger partial charge in [0.1, 0.15) is 0 Å². The Balaban J connectivity index is 0. The van der Waals surface area contributed by atoms with Gasteiger partial charge in [0, 0.05) is 37.0 Å². The zero-order valence-electron chi connectivity index (χ0n) is 18.7. The van der Waals surface area contributed by atoms with E-state index in [9.17, 15) is 9.59 Å². The Kier molecular flexibility index (Phi) is 16.1. The molecule has 0 fully saturated rings. The maximum atomic E-state index is 11.7. The van der Waals surface area contributed by atoms with E-state index in [1.54, 1.807) is 0 Å². The molecule has 6 nitrogen and oxygen atoms in total. The van der Waals surface area contributed by atoms with E-state index in [2.05, 4.69) is 49.0 Å². The monoisotopic (exact) mass is 372 g/mol. The standard InChI is InChI=1S/2C10H22N2O/c1-7(2)10(13)9(11-5)6-12-8(3)4;1-7(2)10(13)9(6-11-5)12-8(3)4/h2*7-9,11-12H,6H2,1-5H3. The van der Waals surface area contributed by atoms with Crippen molar-refractivity contribution in [2.75, 3.05) is 27.2 Å². The molecule has 0 aliphatic rings. The van der Waals surface area contributed by atoms with Crippen LogP contribution in [0.5, 0.6) is 0 Å². The topological polar surface area (TPSA) is 82.3 Å². The Morgan fingerprint density at radius 3 is 1.46 bits per heavy atom. The van der Waals surface area contributed by atoms with Gasteiger partial charge in [-0.05, 0) is 14.1 Å². The summed E-state index contributed by atoms with van der Waals surface area (Å²) >= 11 is 0. The van der Waals surface area contributed by atoms with Gasteiger partial charge in [-0.25, -0.2) is 0 Å². The minimum Gasteiger partial charge on any atom is -0.318 e. The molecule has 0 spiro atoms. The lowest BCUT2D eigenvalue weighted by atomic mass is 10.0. The molecule has 0 aromatic rings. The van der Waals surface area contributed by atoms with Crippen LogP contribution in [0, 0.1) is 11.8 Å². The molecule has 0 amide bonds. The molecule has 0 saturated carbocycles. The van der Waals surface area contributed by atoms with E-state index in [-0.39, 0.29) is 35.5 Å². The Bertz CT molecular complexity index is 382. The van der Waals surface area contributed by atoms with Gasteiger partial charge in [0.25, 0.3) is 0 Å². The third-order valence-electron chi connectivity index (χ3n) is 3.85. The van der Waals surface area contributed by atoms with Crippen molar-refractivity contribution in [1.29, 1.82) is 0 Å². The molecule has 156 valence electrons. The van der Waals surface area contributed by atoms with Crippen LogP contribution in [0.3, 0.4) is 0 Å². The number of nitrogens with one attached hydrogen (secondary N) is 4. The first kappa shape index (κ1) is 27.4. The fourth-order valence-corrected chi connectivity index (χ4v) is 2.35. The second-order valence-corrected chi connectivity index (χ2v) is 7.95. The lowest BCUT2D eigenvalue weighted by Gasteiger charge is -2.21. The summed E-state index contributed by atoms with van der Waals surface area (Å²) < 4.78 is 0. The van der Waals surface area contributed by atoms with Crippen LogP contribution in [-0.4, -0.2) is 62.9 Å². The molecule has 2 unspecified atom stereocenters. The fraction of sp³-hybridized carbons (Fsp3) is 0.900. The van der Waals surface area contributed by atoms with Crippen molar-refractivity contribution in [3.8, 4) is 0 Å². The molecule has 6 heteroatoms. The zero-order valence-corrected chi connectivity index (χ0v) is 18.7. The summed E-state index contributed by atoms with van der Waals surface area (Å²) in [5.41, 5.74) is 0. The first-order chi connectivity index (χ1) is 12.0. The molecule has 0 rings (SSSR count). The maximum absolute atomic E-state index is 11.7. The predicted molar refractivity (Wildman–Crippen MR) is 112 cm³/mol. The molecule has 0 radical (unpaired) electrons. The lowest BCUT2D eigenvalue weighted by molar-refractivity contribution is -0.124. The average molecular weight is 373 g/mol. The molecule has 0 aliphatic heterocycles. The highest BCUT2D eigenvalue weighted by atomic mass is 16.1. The zero-order chi connectivity index (χ0) is 20.9. The quantitative estimate of drug-likeness (QED) is 0.417. The third kappa shape index (κ3) is 13.4. The first-order valence-corrected chi connectivity index (χ1v) is 9.86. The summed E-state index contributed by atoms with van der Waals surface area (Å²) in [6.45, 7) is 17.4. The van der Waals surface area contributed by atoms with E-state index < -0.39 is 0 Å². The van der Waals surface area contributed by atoms with Crippen molar-refractivity contribution in [2.24, 2.45) is 11.8 Å². The molecule has 0 saturated heterocycles. The number of carbonyl (C=O) groups excluding carboxylic acids is 2. The van der Waals surface area contributed by atoms with Gasteiger partial charge in [0.2, 0.25) is 0 Å². The van der Waals surface area contributed by atoms with Gasteiger partial charge in [0.15, 0.2) is 11.6 Å². The van der Waals surface area contributed by atoms with Crippen LogP contribution in [0.4, 0.5) is 0 Å². The molecule has 2 atom stereocenters. The largest absolute Gasteiger partial charge is 0.318 e. The predicted octanol–water partition coefficient (Wildman–Crippen LogP) is 1.60. The van der Waals surface area contributed by atoms with Crippen molar-refractivity contribution in [1.82, 2.24) is 21.3 Å². The number of hydrogen-bond donors (Lipinski definition) is 4.